The van der Waals surface area contributed by atoms with Gasteiger partial charge in [0.25, 0.3) is 0 Å². The number of methoxy groups -OCH3 is 1. The van der Waals surface area contributed by atoms with Crippen molar-refractivity contribution in [2.24, 2.45) is 0 Å². The molecule has 0 aliphatic heterocycles. The van der Waals surface area contributed by atoms with Crippen molar-refractivity contribution >= 4 is 17.5 Å². The molecule has 0 amide bonds. The normalized spacial score (nSPS) is 12.1. The minimum atomic E-state index is -0.862. The average Bonchev–Trinajstić information content (AvgIpc) is 3.00. The number of ether oxygens (including phenoxy) is 3. The molecule has 1 aromatic carbocycles. The van der Waals surface area contributed by atoms with Crippen LogP contribution in [0.5, 0.6) is 0 Å². The van der Waals surface area contributed by atoms with Crippen LogP contribution in [0.15, 0.2) is 24.3 Å². The minimum Gasteiger partial charge on any atom is -0.454 e. The third-order valence-corrected chi connectivity index (χ3v) is 4.87. The van der Waals surface area contributed by atoms with Crippen molar-refractivity contribution < 1.29 is 19.0 Å². The van der Waals surface area contributed by atoms with E-state index in [9.17, 15) is 10.1 Å². The summed E-state index contributed by atoms with van der Waals surface area (Å²) in [5, 5.41) is 14.5. The Morgan fingerprint density at radius 1 is 1.17 bits per heavy atom. The standard InChI is InChI=1S/C23H29N3O4/c1-8-26-20(15(2)16(3)25-26)21(29-14-30-22(27)28-7)19(13-24)17-9-11-18(12-10-17)23(4,5)6/h9-12H,8,14H2,1-7H3/b21-19-. The zero-order valence-electron chi connectivity index (χ0n) is 18.7. The molecule has 160 valence electrons. The average molecular weight is 412 g/mol. The van der Waals surface area contributed by atoms with Gasteiger partial charge >= 0.3 is 6.16 Å². The van der Waals surface area contributed by atoms with Crippen molar-refractivity contribution in [2.75, 3.05) is 13.9 Å². The van der Waals surface area contributed by atoms with Crippen LogP contribution in [-0.2, 0) is 26.2 Å². The van der Waals surface area contributed by atoms with E-state index >= 15 is 0 Å². The molecule has 7 heteroatoms. The van der Waals surface area contributed by atoms with E-state index in [0.717, 1.165) is 16.8 Å². The van der Waals surface area contributed by atoms with Gasteiger partial charge in [-0.15, -0.1) is 0 Å². The minimum absolute atomic E-state index is 0.00271. The van der Waals surface area contributed by atoms with E-state index in [4.69, 9.17) is 9.47 Å². The van der Waals surface area contributed by atoms with Gasteiger partial charge in [-0.05, 0) is 37.3 Å². The summed E-state index contributed by atoms with van der Waals surface area (Å²) >= 11 is 0. The zero-order valence-corrected chi connectivity index (χ0v) is 18.7. The number of hydrogen-bond donors (Lipinski definition) is 0. The van der Waals surface area contributed by atoms with Crippen molar-refractivity contribution in [3.8, 4) is 6.07 Å². The second-order valence-electron chi connectivity index (χ2n) is 7.88. The third-order valence-electron chi connectivity index (χ3n) is 4.87. The summed E-state index contributed by atoms with van der Waals surface area (Å²) in [4.78, 5) is 11.3. The first-order chi connectivity index (χ1) is 14.1. The molecule has 1 heterocycles. The first-order valence-electron chi connectivity index (χ1n) is 9.77. The van der Waals surface area contributed by atoms with Gasteiger partial charge in [-0.1, -0.05) is 45.0 Å². The lowest BCUT2D eigenvalue weighted by molar-refractivity contribution is 0.00346. The van der Waals surface area contributed by atoms with Crippen LogP contribution in [0.3, 0.4) is 0 Å². The molecular formula is C23H29N3O4. The van der Waals surface area contributed by atoms with Crippen LogP contribution in [0, 0.1) is 25.2 Å². The Kier molecular flexibility index (Phi) is 7.28. The maximum atomic E-state index is 11.3. The molecule has 0 N–H and O–H groups in total. The number of benzene rings is 1. The van der Waals surface area contributed by atoms with Crippen LogP contribution < -0.4 is 0 Å². The first kappa shape index (κ1) is 23.0. The van der Waals surface area contributed by atoms with E-state index in [0.29, 0.717) is 29.1 Å². The Hall–Kier alpha value is -3.27. The summed E-state index contributed by atoms with van der Waals surface area (Å²) in [6.45, 7) is 12.4. The fraction of sp³-hybridized carbons (Fsp3) is 0.435. The maximum Gasteiger partial charge on any atom is 0.510 e. The summed E-state index contributed by atoms with van der Waals surface area (Å²) in [6, 6.07) is 10.1. The molecule has 0 unspecified atom stereocenters. The largest absolute Gasteiger partial charge is 0.510 e. The molecule has 2 aromatic rings. The van der Waals surface area contributed by atoms with Gasteiger partial charge in [0.1, 0.15) is 17.3 Å². The fourth-order valence-electron chi connectivity index (χ4n) is 3.03. The van der Waals surface area contributed by atoms with Gasteiger partial charge in [0.2, 0.25) is 6.79 Å². The van der Waals surface area contributed by atoms with Gasteiger partial charge in [0.15, 0.2) is 5.76 Å². The molecule has 0 spiro atoms. The molecule has 2 rings (SSSR count). The Labute approximate surface area is 177 Å². The highest BCUT2D eigenvalue weighted by Gasteiger charge is 2.23. The van der Waals surface area contributed by atoms with Crippen molar-refractivity contribution in [3.63, 3.8) is 0 Å². The quantitative estimate of drug-likeness (QED) is 0.289. The second-order valence-corrected chi connectivity index (χ2v) is 7.88. The van der Waals surface area contributed by atoms with Crippen molar-refractivity contribution in [1.29, 1.82) is 5.26 Å². The van der Waals surface area contributed by atoms with E-state index in [-0.39, 0.29) is 12.2 Å². The smallest absolute Gasteiger partial charge is 0.454 e. The van der Waals surface area contributed by atoms with Crippen molar-refractivity contribution in [2.45, 2.75) is 53.5 Å². The van der Waals surface area contributed by atoms with Crippen LogP contribution >= 0.6 is 0 Å². The number of aromatic nitrogens is 2. The predicted octanol–water partition coefficient (Wildman–Crippen LogP) is 4.97. The lowest BCUT2D eigenvalue weighted by Crippen LogP contribution is -2.12. The van der Waals surface area contributed by atoms with Gasteiger partial charge in [-0.3, -0.25) is 4.68 Å². The Balaban J connectivity index is 2.61. The highest BCUT2D eigenvalue weighted by atomic mass is 16.8. The number of carbonyl (C=O) groups is 1. The molecule has 7 nitrogen and oxygen atoms in total. The number of nitrogens with zero attached hydrogens (tertiary/aromatic N) is 3. The van der Waals surface area contributed by atoms with Crippen LogP contribution in [0.2, 0.25) is 0 Å². The second kappa shape index (κ2) is 9.49. The van der Waals surface area contributed by atoms with Crippen LogP contribution in [0.25, 0.3) is 11.3 Å². The van der Waals surface area contributed by atoms with E-state index in [1.54, 1.807) is 4.68 Å². The van der Waals surface area contributed by atoms with Gasteiger partial charge in [-0.25, -0.2) is 4.79 Å². The first-order valence-corrected chi connectivity index (χ1v) is 9.77. The van der Waals surface area contributed by atoms with E-state index < -0.39 is 6.16 Å². The Morgan fingerprint density at radius 3 is 2.30 bits per heavy atom. The molecule has 0 radical (unpaired) electrons. The molecule has 0 aliphatic carbocycles. The molecule has 0 saturated heterocycles. The van der Waals surface area contributed by atoms with E-state index in [2.05, 4.69) is 36.7 Å². The van der Waals surface area contributed by atoms with Gasteiger partial charge in [0, 0.05) is 12.1 Å². The molecular weight excluding hydrogens is 382 g/mol. The highest BCUT2D eigenvalue weighted by molar-refractivity contribution is 5.94. The lowest BCUT2D eigenvalue weighted by Gasteiger charge is -2.19. The summed E-state index contributed by atoms with van der Waals surface area (Å²) in [5.74, 6) is 0.310. The zero-order chi connectivity index (χ0) is 22.5. The number of rotatable bonds is 6. The highest BCUT2D eigenvalue weighted by Crippen LogP contribution is 2.32. The third kappa shape index (κ3) is 5.01. The molecule has 0 saturated carbocycles. The molecule has 30 heavy (non-hydrogen) atoms. The van der Waals surface area contributed by atoms with Crippen molar-refractivity contribution in [3.05, 3.63) is 52.3 Å². The predicted molar refractivity (Wildman–Crippen MR) is 114 cm³/mol. The monoisotopic (exact) mass is 411 g/mol. The van der Waals surface area contributed by atoms with Gasteiger partial charge in [0.05, 0.1) is 12.8 Å². The summed E-state index contributed by atoms with van der Waals surface area (Å²) in [7, 11) is 1.22. The molecule has 0 atom stereocenters. The summed E-state index contributed by atoms with van der Waals surface area (Å²) in [6.07, 6.45) is -0.862. The van der Waals surface area contributed by atoms with Gasteiger partial charge in [-0.2, -0.15) is 10.4 Å². The van der Waals surface area contributed by atoms with Crippen LogP contribution in [0.1, 0.15) is 55.8 Å². The maximum absolute atomic E-state index is 11.3. The topological polar surface area (TPSA) is 86.4 Å². The molecule has 0 bridgehead atoms. The number of nitriles is 1. The molecule has 0 fully saturated rings. The van der Waals surface area contributed by atoms with E-state index in [1.807, 2.05) is 45.0 Å². The van der Waals surface area contributed by atoms with Crippen LogP contribution in [-0.4, -0.2) is 29.8 Å². The molecule has 1 aromatic heterocycles. The Bertz CT molecular complexity index is 974. The summed E-state index contributed by atoms with van der Waals surface area (Å²) < 4.78 is 17.0. The number of hydrogen-bond acceptors (Lipinski definition) is 6. The molecule has 0 aliphatic rings. The SMILES string of the molecule is CCn1nc(C)c(C)c1/C(OCOC(=O)OC)=C(\C#N)c1ccc(C(C)(C)C)cc1. The van der Waals surface area contributed by atoms with Gasteiger partial charge < -0.3 is 14.2 Å². The number of aryl methyl sites for hydroxylation is 2. The number of allylic oxidation sites excluding steroid dienone is 1. The lowest BCUT2D eigenvalue weighted by atomic mass is 9.86. The Morgan fingerprint density at radius 2 is 1.80 bits per heavy atom. The van der Waals surface area contributed by atoms with Crippen molar-refractivity contribution in [1.82, 2.24) is 9.78 Å². The summed E-state index contributed by atoms with van der Waals surface area (Å²) in [5.41, 5.74) is 4.61. The van der Waals surface area contributed by atoms with Crippen LogP contribution in [0.4, 0.5) is 4.79 Å². The fourth-order valence-corrected chi connectivity index (χ4v) is 3.03. The number of carbonyl (C=O) groups excluding carboxylic acids is 1. The van der Waals surface area contributed by atoms with E-state index in [1.165, 1.54) is 7.11 Å².